The van der Waals surface area contributed by atoms with Crippen LogP contribution in [0.4, 0.5) is 0 Å². The van der Waals surface area contributed by atoms with Gasteiger partial charge >= 0.3 is 0 Å². The number of hydrogen-bond donors (Lipinski definition) is 2. The predicted octanol–water partition coefficient (Wildman–Crippen LogP) is 2.26. The Morgan fingerprint density at radius 2 is 1.62 bits per heavy atom. The Labute approximate surface area is 143 Å². The first-order chi connectivity index (χ1) is 11.4. The molecule has 0 saturated heterocycles. The van der Waals surface area contributed by atoms with Crippen LogP contribution in [0.3, 0.4) is 0 Å². The summed E-state index contributed by atoms with van der Waals surface area (Å²) in [7, 11) is -1.43. The number of aryl methyl sites for hydroxylation is 1. The van der Waals surface area contributed by atoms with E-state index in [1.807, 2.05) is 12.1 Å². The van der Waals surface area contributed by atoms with Crippen LogP contribution in [0, 0.1) is 6.92 Å². The van der Waals surface area contributed by atoms with Crippen molar-refractivity contribution in [3.8, 4) is 0 Å². The van der Waals surface area contributed by atoms with E-state index >= 15 is 0 Å². The summed E-state index contributed by atoms with van der Waals surface area (Å²) in [6, 6.07) is 15.0. The number of guanidine groups is 1. The lowest BCUT2D eigenvalue weighted by Gasteiger charge is -2.13. The van der Waals surface area contributed by atoms with Gasteiger partial charge in [-0.2, -0.15) is 0 Å². The maximum absolute atomic E-state index is 11.5. The van der Waals surface area contributed by atoms with Crippen LogP contribution in [0.5, 0.6) is 0 Å². The van der Waals surface area contributed by atoms with Crippen molar-refractivity contribution in [3.05, 3.63) is 65.2 Å². The van der Waals surface area contributed by atoms with Gasteiger partial charge in [0, 0.05) is 26.4 Å². The lowest BCUT2D eigenvalue weighted by atomic mass is 10.1. The highest BCUT2D eigenvalue weighted by Gasteiger charge is 2.06. The molecule has 0 radical (unpaired) electrons. The molecule has 5 nitrogen and oxygen atoms in total. The topological polar surface area (TPSA) is 70.6 Å². The Morgan fingerprint density at radius 1 is 1.00 bits per heavy atom. The molecule has 0 unspecified atom stereocenters. The van der Waals surface area contributed by atoms with Crippen LogP contribution in [0.2, 0.25) is 0 Å². The Balaban J connectivity index is 1.91. The predicted molar refractivity (Wildman–Crippen MR) is 97.8 cm³/mol. The second-order valence-corrected chi connectivity index (χ2v) is 7.64. The number of aliphatic imine (C=N–C) groups is 1. The van der Waals surface area contributed by atoms with Gasteiger partial charge in [-0.1, -0.05) is 36.4 Å². The summed E-state index contributed by atoms with van der Waals surface area (Å²) in [5, 5.41) is 6.50. The van der Waals surface area contributed by atoms with Gasteiger partial charge in [-0.3, -0.25) is 4.99 Å². The third-order valence-corrected chi connectivity index (χ3v) is 4.87. The van der Waals surface area contributed by atoms with Crippen LogP contribution in [-0.2, 0) is 22.9 Å². The van der Waals surface area contributed by atoms with Gasteiger partial charge in [0.25, 0.3) is 0 Å². The van der Waals surface area contributed by atoms with Crippen LogP contribution in [0.25, 0.3) is 0 Å². The van der Waals surface area contributed by atoms with E-state index < -0.39 is 9.84 Å². The summed E-state index contributed by atoms with van der Waals surface area (Å²) < 4.78 is 22.9. The lowest BCUT2D eigenvalue weighted by molar-refractivity contribution is 0.602. The minimum Gasteiger partial charge on any atom is -0.352 e. The molecule has 6 heteroatoms. The van der Waals surface area contributed by atoms with Crippen molar-refractivity contribution in [1.82, 2.24) is 10.6 Å². The van der Waals surface area contributed by atoms with Gasteiger partial charge in [-0.25, -0.2) is 8.42 Å². The molecule has 0 atom stereocenters. The number of sulfone groups is 1. The fourth-order valence-corrected chi connectivity index (χ4v) is 2.88. The monoisotopic (exact) mass is 345 g/mol. The summed E-state index contributed by atoms with van der Waals surface area (Å²) in [4.78, 5) is 4.53. The maximum atomic E-state index is 11.5. The molecule has 2 rings (SSSR count). The summed E-state index contributed by atoms with van der Waals surface area (Å²) in [5.74, 6) is 0.699. The molecule has 0 spiro atoms. The first-order valence-electron chi connectivity index (χ1n) is 7.68. The maximum Gasteiger partial charge on any atom is 0.191 e. The van der Waals surface area contributed by atoms with E-state index in [9.17, 15) is 8.42 Å². The summed E-state index contributed by atoms with van der Waals surface area (Å²) in [6.07, 6.45) is 1.21. The zero-order chi connectivity index (χ0) is 17.6. The van der Waals surface area contributed by atoms with Crippen molar-refractivity contribution in [1.29, 1.82) is 0 Å². The van der Waals surface area contributed by atoms with E-state index in [1.54, 1.807) is 31.3 Å². The number of nitrogens with zero attached hydrogens (tertiary/aromatic N) is 1. The third-order valence-electron chi connectivity index (χ3n) is 3.74. The molecular formula is C18H23N3O2S. The molecule has 0 heterocycles. The number of hydrogen-bond acceptors (Lipinski definition) is 3. The lowest BCUT2D eigenvalue weighted by Crippen LogP contribution is -2.36. The van der Waals surface area contributed by atoms with Gasteiger partial charge in [0.15, 0.2) is 15.8 Å². The first-order valence-corrected chi connectivity index (χ1v) is 9.57. The largest absolute Gasteiger partial charge is 0.352 e. The smallest absolute Gasteiger partial charge is 0.191 e. The van der Waals surface area contributed by atoms with Gasteiger partial charge in [0.1, 0.15) is 0 Å². The Bertz CT molecular complexity index is 812. The third kappa shape index (κ3) is 5.09. The van der Waals surface area contributed by atoms with Gasteiger partial charge in [-0.15, -0.1) is 0 Å². The number of benzene rings is 2. The molecule has 2 N–H and O–H groups in total. The van der Waals surface area contributed by atoms with Crippen molar-refractivity contribution in [2.75, 3.05) is 13.3 Å². The second kappa shape index (κ2) is 7.97. The van der Waals surface area contributed by atoms with E-state index in [0.717, 1.165) is 5.56 Å². The van der Waals surface area contributed by atoms with Crippen LogP contribution in [0.1, 0.15) is 16.7 Å². The zero-order valence-corrected chi connectivity index (χ0v) is 15.0. The van der Waals surface area contributed by atoms with Crippen molar-refractivity contribution < 1.29 is 8.42 Å². The summed E-state index contributed by atoms with van der Waals surface area (Å²) >= 11 is 0. The van der Waals surface area contributed by atoms with Crippen LogP contribution in [0.15, 0.2) is 58.4 Å². The second-order valence-electron chi connectivity index (χ2n) is 5.62. The van der Waals surface area contributed by atoms with Crippen LogP contribution < -0.4 is 10.6 Å². The van der Waals surface area contributed by atoms with Crippen LogP contribution in [-0.4, -0.2) is 27.7 Å². The average molecular weight is 345 g/mol. The molecule has 0 amide bonds. The molecule has 0 aromatic heterocycles. The average Bonchev–Trinajstić information content (AvgIpc) is 2.56. The summed E-state index contributed by atoms with van der Waals surface area (Å²) in [5.41, 5.74) is 3.44. The Hall–Kier alpha value is -2.34. The number of rotatable bonds is 5. The van der Waals surface area contributed by atoms with Gasteiger partial charge in [-0.05, 0) is 35.7 Å². The standard InChI is InChI=1S/C18H23N3O2S/c1-14-6-4-5-7-16(14)13-21-18(19-2)20-12-15-8-10-17(11-9-15)24(3,22)23/h4-11H,12-13H2,1-3H3,(H2,19,20,21). The molecule has 128 valence electrons. The first kappa shape index (κ1) is 18.0. The van der Waals surface area contributed by atoms with Crippen molar-refractivity contribution >= 4 is 15.8 Å². The van der Waals surface area contributed by atoms with Crippen molar-refractivity contribution in [3.63, 3.8) is 0 Å². The Morgan fingerprint density at radius 3 is 2.21 bits per heavy atom. The fourth-order valence-electron chi connectivity index (χ4n) is 2.25. The van der Waals surface area contributed by atoms with Crippen molar-refractivity contribution in [2.24, 2.45) is 4.99 Å². The molecular weight excluding hydrogens is 322 g/mol. The van der Waals surface area contributed by atoms with E-state index in [-0.39, 0.29) is 0 Å². The normalized spacial score (nSPS) is 12.0. The van der Waals surface area contributed by atoms with Crippen LogP contribution >= 0.6 is 0 Å². The van der Waals surface area contributed by atoms with Gasteiger partial charge < -0.3 is 10.6 Å². The minimum absolute atomic E-state index is 0.327. The SMILES string of the molecule is CN=C(NCc1ccc(S(C)(=O)=O)cc1)NCc1ccccc1C. The molecule has 0 saturated carbocycles. The molecule has 0 fully saturated rings. The molecule has 2 aromatic carbocycles. The highest BCUT2D eigenvalue weighted by Crippen LogP contribution is 2.10. The van der Waals surface area contributed by atoms with E-state index in [1.165, 1.54) is 17.4 Å². The highest BCUT2D eigenvalue weighted by molar-refractivity contribution is 7.90. The molecule has 0 aliphatic rings. The van der Waals surface area contributed by atoms with E-state index in [2.05, 4.69) is 34.7 Å². The van der Waals surface area contributed by atoms with E-state index in [0.29, 0.717) is 23.9 Å². The number of nitrogens with one attached hydrogen (secondary N) is 2. The zero-order valence-electron chi connectivity index (χ0n) is 14.2. The van der Waals surface area contributed by atoms with Gasteiger partial charge in [0.05, 0.1) is 4.90 Å². The molecule has 0 aliphatic heterocycles. The Kier molecular flexibility index (Phi) is 5.98. The molecule has 24 heavy (non-hydrogen) atoms. The highest BCUT2D eigenvalue weighted by atomic mass is 32.2. The van der Waals surface area contributed by atoms with Crippen molar-refractivity contribution in [2.45, 2.75) is 24.9 Å². The summed E-state index contributed by atoms with van der Waals surface area (Å²) in [6.45, 7) is 3.34. The molecule has 2 aromatic rings. The fraction of sp³-hybridized carbons (Fsp3) is 0.278. The van der Waals surface area contributed by atoms with E-state index in [4.69, 9.17) is 0 Å². The van der Waals surface area contributed by atoms with Gasteiger partial charge in [0.2, 0.25) is 0 Å². The molecule has 0 aliphatic carbocycles. The quantitative estimate of drug-likeness (QED) is 0.644. The minimum atomic E-state index is -3.16. The molecule has 0 bridgehead atoms.